The van der Waals surface area contributed by atoms with Gasteiger partial charge in [-0.25, -0.2) is 4.98 Å². The van der Waals surface area contributed by atoms with E-state index in [-0.39, 0.29) is 16.5 Å². The topological polar surface area (TPSA) is 68.1 Å². The number of aromatic nitrogens is 1. The first-order valence-electron chi connectivity index (χ1n) is 6.81. The Kier molecular flexibility index (Phi) is 4.29. The number of hydrogen-bond donors (Lipinski definition) is 1. The number of fused-ring (bicyclic) bond motifs is 1. The van der Waals surface area contributed by atoms with Crippen LogP contribution in [-0.4, -0.2) is 22.5 Å². The molecule has 0 spiro atoms. The summed E-state index contributed by atoms with van der Waals surface area (Å²) in [4.78, 5) is 14.9. The lowest BCUT2D eigenvalue weighted by Gasteiger charge is -2.22. The van der Waals surface area contributed by atoms with Crippen molar-refractivity contribution in [3.05, 3.63) is 46.1 Å². The van der Waals surface area contributed by atoms with Crippen molar-refractivity contribution in [2.75, 3.05) is 6.54 Å². The summed E-state index contributed by atoms with van der Waals surface area (Å²) in [5.41, 5.74) is 1.62. The van der Waals surface area contributed by atoms with Gasteiger partial charge < -0.3 is 5.32 Å². The molecule has 2 rings (SSSR count). The number of nitro groups is 1. The van der Waals surface area contributed by atoms with Gasteiger partial charge >= 0.3 is 0 Å². The molecule has 0 aliphatic carbocycles. The third kappa shape index (κ3) is 2.63. The van der Waals surface area contributed by atoms with Gasteiger partial charge in [-0.1, -0.05) is 26.0 Å². The monoisotopic (exact) mass is 273 g/mol. The van der Waals surface area contributed by atoms with E-state index < -0.39 is 0 Å². The van der Waals surface area contributed by atoms with E-state index in [9.17, 15) is 10.1 Å². The third-order valence-corrected chi connectivity index (χ3v) is 3.75. The average molecular weight is 273 g/mol. The van der Waals surface area contributed by atoms with Gasteiger partial charge in [-0.3, -0.25) is 10.1 Å². The van der Waals surface area contributed by atoms with Crippen molar-refractivity contribution in [3.63, 3.8) is 0 Å². The summed E-state index contributed by atoms with van der Waals surface area (Å²) >= 11 is 0. The van der Waals surface area contributed by atoms with Crippen LogP contribution in [0.15, 0.2) is 30.5 Å². The van der Waals surface area contributed by atoms with E-state index >= 15 is 0 Å². The Morgan fingerprint density at radius 2 is 2.10 bits per heavy atom. The van der Waals surface area contributed by atoms with Crippen molar-refractivity contribution in [2.45, 2.75) is 32.7 Å². The van der Waals surface area contributed by atoms with Gasteiger partial charge in [-0.05, 0) is 31.0 Å². The number of likely N-dealkylation sites (N-methyl/N-ethyl adjacent to an activating group) is 1. The number of nitrogens with zero attached hydrogens (tertiary/aromatic N) is 2. The number of para-hydroxylation sites is 1. The second-order valence-corrected chi connectivity index (χ2v) is 4.97. The highest BCUT2D eigenvalue weighted by atomic mass is 16.6. The largest absolute Gasteiger partial charge is 0.314 e. The summed E-state index contributed by atoms with van der Waals surface area (Å²) in [6.45, 7) is 7.21. The molecule has 5 nitrogen and oxygen atoms in total. The molecule has 0 amide bonds. The van der Waals surface area contributed by atoms with Crippen LogP contribution in [0, 0.1) is 10.1 Å². The predicted octanol–water partition coefficient (Wildman–Crippen LogP) is 3.24. The average Bonchev–Trinajstić information content (AvgIpc) is 2.45. The molecule has 1 aromatic carbocycles. The lowest BCUT2D eigenvalue weighted by Crippen LogP contribution is -2.30. The smallest absolute Gasteiger partial charge is 0.295 e. The molecule has 0 saturated carbocycles. The number of non-ortho nitro benzene ring substituents is 1. The molecular weight excluding hydrogens is 254 g/mol. The van der Waals surface area contributed by atoms with Crippen molar-refractivity contribution in [2.24, 2.45) is 0 Å². The highest BCUT2D eigenvalue weighted by Crippen LogP contribution is 2.30. The maximum absolute atomic E-state index is 11.1. The Labute approximate surface area is 118 Å². The van der Waals surface area contributed by atoms with Crippen LogP contribution in [0.1, 0.15) is 32.3 Å². The van der Waals surface area contributed by atoms with Crippen molar-refractivity contribution in [1.29, 1.82) is 0 Å². The standard InChI is InChI=1S/C15H19N3O2/c1-4-16-11(3)10(2)12-8-9-17-15-13(12)6-5-7-14(15)18(19)20/h5-11,16H,4H2,1-3H3. The van der Waals surface area contributed by atoms with E-state index in [1.54, 1.807) is 12.3 Å². The van der Waals surface area contributed by atoms with E-state index in [4.69, 9.17) is 0 Å². The molecule has 2 aromatic rings. The van der Waals surface area contributed by atoms with Crippen LogP contribution in [0.5, 0.6) is 0 Å². The van der Waals surface area contributed by atoms with Crippen LogP contribution in [0.4, 0.5) is 5.69 Å². The number of rotatable bonds is 5. The van der Waals surface area contributed by atoms with Gasteiger partial charge in [0, 0.05) is 23.7 Å². The first-order chi connectivity index (χ1) is 9.56. The summed E-state index contributed by atoms with van der Waals surface area (Å²) in [5.74, 6) is 0.252. The van der Waals surface area contributed by atoms with Crippen molar-refractivity contribution in [1.82, 2.24) is 10.3 Å². The van der Waals surface area contributed by atoms with Gasteiger partial charge in [0.05, 0.1) is 4.92 Å². The normalized spacial score (nSPS) is 14.2. The third-order valence-electron chi connectivity index (χ3n) is 3.75. The van der Waals surface area contributed by atoms with Crippen molar-refractivity contribution < 1.29 is 4.92 Å². The molecule has 1 aromatic heterocycles. The van der Waals surface area contributed by atoms with E-state index in [0.29, 0.717) is 11.6 Å². The Balaban J connectivity index is 2.55. The van der Waals surface area contributed by atoms with Gasteiger partial charge in [-0.15, -0.1) is 0 Å². The van der Waals surface area contributed by atoms with E-state index in [1.165, 1.54) is 6.07 Å². The predicted molar refractivity (Wildman–Crippen MR) is 80.0 cm³/mol. The second-order valence-electron chi connectivity index (χ2n) is 4.97. The highest BCUT2D eigenvalue weighted by molar-refractivity contribution is 5.89. The SMILES string of the molecule is CCNC(C)C(C)c1ccnc2c([N+](=O)[O-])cccc12. The Morgan fingerprint density at radius 1 is 1.35 bits per heavy atom. The van der Waals surface area contributed by atoms with Crippen LogP contribution in [0.25, 0.3) is 10.9 Å². The fourth-order valence-corrected chi connectivity index (χ4v) is 2.49. The quantitative estimate of drug-likeness (QED) is 0.670. The van der Waals surface area contributed by atoms with Crippen molar-refractivity contribution >= 4 is 16.6 Å². The minimum atomic E-state index is -0.377. The molecule has 0 saturated heterocycles. The molecule has 0 fully saturated rings. The molecule has 1 N–H and O–H groups in total. The molecule has 2 unspecified atom stereocenters. The van der Waals surface area contributed by atoms with Crippen LogP contribution < -0.4 is 5.32 Å². The van der Waals surface area contributed by atoms with Crippen molar-refractivity contribution in [3.8, 4) is 0 Å². The lowest BCUT2D eigenvalue weighted by atomic mass is 9.91. The molecule has 0 bridgehead atoms. The Hall–Kier alpha value is -2.01. The number of nitrogens with one attached hydrogen (secondary N) is 1. The van der Waals surface area contributed by atoms with Crippen LogP contribution in [0.3, 0.4) is 0 Å². The molecular formula is C15H19N3O2. The van der Waals surface area contributed by atoms with Gasteiger partial charge in [0.1, 0.15) is 5.52 Å². The first-order valence-corrected chi connectivity index (χ1v) is 6.81. The summed E-state index contributed by atoms with van der Waals surface area (Å²) in [5, 5.41) is 15.3. The van der Waals surface area contributed by atoms with E-state index in [2.05, 4.69) is 31.1 Å². The molecule has 0 aliphatic heterocycles. The van der Waals surface area contributed by atoms with Crippen LogP contribution in [0.2, 0.25) is 0 Å². The number of benzene rings is 1. The van der Waals surface area contributed by atoms with Gasteiger partial charge in [-0.2, -0.15) is 0 Å². The maximum atomic E-state index is 11.1. The van der Waals surface area contributed by atoms with Gasteiger partial charge in [0.25, 0.3) is 5.69 Å². The fraction of sp³-hybridized carbons (Fsp3) is 0.400. The zero-order chi connectivity index (χ0) is 14.7. The minimum Gasteiger partial charge on any atom is -0.314 e. The highest BCUT2D eigenvalue weighted by Gasteiger charge is 2.19. The summed E-state index contributed by atoms with van der Waals surface area (Å²) < 4.78 is 0. The molecule has 2 atom stereocenters. The Morgan fingerprint density at radius 3 is 2.75 bits per heavy atom. The fourth-order valence-electron chi connectivity index (χ4n) is 2.49. The maximum Gasteiger partial charge on any atom is 0.295 e. The van der Waals surface area contributed by atoms with Crippen LogP contribution in [-0.2, 0) is 0 Å². The summed E-state index contributed by atoms with van der Waals surface area (Å²) in [7, 11) is 0. The Bertz CT molecular complexity index is 628. The molecule has 106 valence electrons. The lowest BCUT2D eigenvalue weighted by molar-refractivity contribution is -0.383. The summed E-state index contributed by atoms with van der Waals surface area (Å²) in [6, 6.07) is 7.36. The van der Waals surface area contributed by atoms with E-state index in [0.717, 1.165) is 17.5 Å². The zero-order valence-electron chi connectivity index (χ0n) is 12.0. The molecule has 0 radical (unpaired) electrons. The molecule has 20 heavy (non-hydrogen) atoms. The van der Waals surface area contributed by atoms with Crippen LogP contribution >= 0.6 is 0 Å². The second kappa shape index (κ2) is 5.96. The minimum absolute atomic E-state index is 0.0626. The summed E-state index contributed by atoms with van der Waals surface area (Å²) in [6.07, 6.45) is 1.65. The van der Waals surface area contributed by atoms with Gasteiger partial charge in [0.15, 0.2) is 0 Å². The number of hydrogen-bond acceptors (Lipinski definition) is 4. The van der Waals surface area contributed by atoms with Gasteiger partial charge in [0.2, 0.25) is 0 Å². The molecule has 0 aliphatic rings. The van der Waals surface area contributed by atoms with E-state index in [1.807, 2.05) is 12.1 Å². The first kappa shape index (κ1) is 14.4. The number of pyridine rings is 1. The zero-order valence-corrected chi connectivity index (χ0v) is 12.0. The number of nitro benzene ring substituents is 1. The molecule has 1 heterocycles. The molecule has 5 heteroatoms.